The van der Waals surface area contributed by atoms with Crippen LogP contribution in [0.25, 0.3) is 0 Å². The van der Waals surface area contributed by atoms with E-state index in [1.807, 2.05) is 6.92 Å². The number of nitrogens with one attached hydrogen (secondary N) is 2. The van der Waals surface area contributed by atoms with Crippen molar-refractivity contribution in [2.24, 2.45) is 5.16 Å². The number of nitrogens with zero attached hydrogens (tertiary/aromatic N) is 4. The van der Waals surface area contributed by atoms with Crippen molar-refractivity contribution in [1.29, 1.82) is 0 Å². The van der Waals surface area contributed by atoms with Gasteiger partial charge in [0.25, 0.3) is 5.91 Å². The molecule has 12 heteroatoms. The topological polar surface area (TPSA) is 139 Å². The van der Waals surface area contributed by atoms with Crippen molar-refractivity contribution in [1.82, 2.24) is 20.2 Å². The Hall–Kier alpha value is -3.12. The Bertz CT molecular complexity index is 1170. The highest BCUT2D eigenvalue weighted by Crippen LogP contribution is 2.33. The maximum atomic E-state index is 12.8. The predicted molar refractivity (Wildman–Crippen MR) is 110 cm³/mol. The van der Waals surface area contributed by atoms with Gasteiger partial charge >= 0.3 is 0 Å². The summed E-state index contributed by atoms with van der Waals surface area (Å²) in [5.41, 5.74) is 0.394. The lowest BCUT2D eigenvalue weighted by atomic mass is 10.1. The second kappa shape index (κ2) is 8.32. The molecule has 0 atom stereocenters. The Kier molecular flexibility index (Phi) is 5.59. The lowest BCUT2D eigenvalue weighted by molar-refractivity contribution is -0.110. The molecule has 1 saturated carbocycles. The average molecular weight is 447 g/mol. The molecule has 0 radical (unpaired) electrons. The zero-order chi connectivity index (χ0) is 21.1. The highest BCUT2D eigenvalue weighted by Gasteiger charge is 2.36. The first-order chi connectivity index (χ1) is 14.4. The lowest BCUT2D eigenvalue weighted by Crippen LogP contribution is -2.24. The van der Waals surface area contributed by atoms with Crippen LogP contribution in [0, 0.1) is 6.92 Å². The number of H-pyrrole nitrogens is 1. The van der Waals surface area contributed by atoms with Crippen LogP contribution in [-0.2, 0) is 26.1 Å². The second-order valence-corrected chi connectivity index (χ2v) is 10.1. The van der Waals surface area contributed by atoms with Gasteiger partial charge in [-0.05, 0) is 31.9 Å². The third-order valence-corrected chi connectivity index (χ3v) is 7.40. The van der Waals surface area contributed by atoms with E-state index in [4.69, 9.17) is 4.84 Å². The molecule has 2 aromatic heterocycles. The standard InChI is InChI=1S/C18H18N6O4S2/c1-11-8-19-18(29-11)22-17(25)16(24-28-9-15-20-10-21-23-15)12-2-4-13(5-3-12)30(26,27)14-6-7-14/h2-5,8,10,14H,6-7,9H2,1H3,(H,19,22,25)(H,20,21,23)/b24-16+. The van der Waals surface area contributed by atoms with E-state index in [0.717, 1.165) is 4.88 Å². The quantitative estimate of drug-likeness (QED) is 0.399. The first-order valence-corrected chi connectivity index (χ1v) is 11.4. The van der Waals surface area contributed by atoms with E-state index < -0.39 is 15.7 Å². The minimum Gasteiger partial charge on any atom is -0.387 e. The first-order valence-electron chi connectivity index (χ1n) is 9.06. The number of hydrogen-bond donors (Lipinski definition) is 2. The monoisotopic (exact) mass is 446 g/mol. The largest absolute Gasteiger partial charge is 0.387 e. The van der Waals surface area contributed by atoms with Gasteiger partial charge in [0.05, 0.1) is 10.1 Å². The molecule has 0 bridgehead atoms. The highest BCUT2D eigenvalue weighted by molar-refractivity contribution is 7.92. The number of hydrogen-bond acceptors (Lipinski definition) is 9. The van der Waals surface area contributed by atoms with Crippen LogP contribution in [0.3, 0.4) is 0 Å². The molecule has 3 aromatic rings. The number of oxime groups is 1. The number of aromatic nitrogens is 4. The maximum absolute atomic E-state index is 12.8. The molecule has 156 valence electrons. The fourth-order valence-corrected chi connectivity index (χ4v) is 4.94. The van der Waals surface area contributed by atoms with Crippen LogP contribution < -0.4 is 5.32 Å². The number of carbonyl (C=O) groups excluding carboxylic acids is 1. The number of rotatable bonds is 8. The molecule has 1 aliphatic carbocycles. The van der Waals surface area contributed by atoms with Gasteiger partial charge < -0.3 is 4.84 Å². The third kappa shape index (κ3) is 4.54. The summed E-state index contributed by atoms with van der Waals surface area (Å²) < 4.78 is 24.8. The Morgan fingerprint density at radius 2 is 2.07 bits per heavy atom. The predicted octanol–water partition coefficient (Wildman–Crippen LogP) is 2.07. The van der Waals surface area contributed by atoms with Gasteiger partial charge in [-0.1, -0.05) is 17.3 Å². The van der Waals surface area contributed by atoms with E-state index in [-0.39, 0.29) is 22.5 Å². The second-order valence-electron chi connectivity index (χ2n) is 6.64. The number of aryl methyl sites for hydroxylation is 1. The zero-order valence-electron chi connectivity index (χ0n) is 15.9. The molecule has 0 spiro atoms. The molecule has 10 nitrogen and oxygen atoms in total. The zero-order valence-corrected chi connectivity index (χ0v) is 17.5. The van der Waals surface area contributed by atoms with Crippen molar-refractivity contribution in [3.8, 4) is 0 Å². The molecule has 4 rings (SSSR count). The van der Waals surface area contributed by atoms with E-state index >= 15 is 0 Å². The van der Waals surface area contributed by atoms with Crippen molar-refractivity contribution in [3.05, 3.63) is 53.1 Å². The van der Waals surface area contributed by atoms with Crippen LogP contribution in [0.15, 0.2) is 46.8 Å². The number of benzene rings is 1. The SMILES string of the molecule is Cc1cnc(NC(=O)/C(=N/OCc2ncn[nH]2)c2ccc(S(=O)(=O)C3CC3)cc2)s1. The minimum atomic E-state index is -3.32. The number of sulfone groups is 1. The van der Waals surface area contributed by atoms with Crippen molar-refractivity contribution in [2.75, 3.05) is 5.32 Å². The summed E-state index contributed by atoms with van der Waals surface area (Å²) in [6, 6.07) is 6.04. The minimum absolute atomic E-state index is 0.0126. The van der Waals surface area contributed by atoms with Gasteiger partial charge in [0.2, 0.25) is 0 Å². The van der Waals surface area contributed by atoms with Crippen molar-refractivity contribution in [2.45, 2.75) is 36.5 Å². The van der Waals surface area contributed by atoms with Crippen LogP contribution in [0.4, 0.5) is 5.13 Å². The van der Waals surface area contributed by atoms with Gasteiger partial charge in [-0.3, -0.25) is 15.2 Å². The molecule has 0 saturated heterocycles. The normalized spacial score (nSPS) is 14.5. The summed E-state index contributed by atoms with van der Waals surface area (Å²) in [5, 5.41) is 13.1. The number of anilines is 1. The molecule has 2 N–H and O–H groups in total. The fourth-order valence-electron chi connectivity index (χ4n) is 2.63. The van der Waals surface area contributed by atoms with Crippen LogP contribution in [-0.4, -0.2) is 45.5 Å². The molecule has 1 amide bonds. The van der Waals surface area contributed by atoms with Crippen LogP contribution in [0.5, 0.6) is 0 Å². The Balaban J connectivity index is 1.57. The Morgan fingerprint density at radius 1 is 1.30 bits per heavy atom. The maximum Gasteiger partial charge on any atom is 0.280 e. The van der Waals surface area contributed by atoms with E-state index in [1.165, 1.54) is 29.8 Å². The first kappa shape index (κ1) is 20.2. The van der Waals surface area contributed by atoms with Gasteiger partial charge in [0.1, 0.15) is 6.33 Å². The summed E-state index contributed by atoms with van der Waals surface area (Å²) in [5.74, 6) is -0.0837. The number of amides is 1. The van der Waals surface area contributed by atoms with E-state index in [1.54, 1.807) is 18.3 Å². The number of aromatic amines is 1. The van der Waals surface area contributed by atoms with Gasteiger partial charge in [0.15, 0.2) is 33.1 Å². The van der Waals surface area contributed by atoms with Crippen molar-refractivity contribution >= 4 is 37.9 Å². The fraction of sp³-hybridized carbons (Fsp3) is 0.278. The summed E-state index contributed by atoms with van der Waals surface area (Å²) in [6.45, 7) is 1.86. The van der Waals surface area contributed by atoms with Crippen LogP contribution in [0.1, 0.15) is 29.1 Å². The summed E-state index contributed by atoms with van der Waals surface area (Å²) in [7, 11) is -3.32. The average Bonchev–Trinajstić information content (AvgIpc) is 3.34. The van der Waals surface area contributed by atoms with Gasteiger partial charge in [-0.15, -0.1) is 11.3 Å². The molecule has 30 heavy (non-hydrogen) atoms. The van der Waals surface area contributed by atoms with Crippen LogP contribution >= 0.6 is 11.3 Å². The number of thiazole rings is 1. The molecular weight excluding hydrogens is 428 g/mol. The molecule has 0 unspecified atom stereocenters. The van der Waals surface area contributed by atoms with Crippen LogP contribution in [0.2, 0.25) is 0 Å². The van der Waals surface area contributed by atoms with Gasteiger partial charge in [-0.2, -0.15) is 5.10 Å². The molecular formula is C18H18N6O4S2. The van der Waals surface area contributed by atoms with E-state index in [2.05, 4.69) is 30.6 Å². The smallest absolute Gasteiger partial charge is 0.280 e. The number of carbonyl (C=O) groups is 1. The van der Waals surface area contributed by atoms with Crippen molar-refractivity contribution in [3.63, 3.8) is 0 Å². The van der Waals surface area contributed by atoms with Crippen molar-refractivity contribution < 1.29 is 18.0 Å². The Morgan fingerprint density at radius 3 is 2.67 bits per heavy atom. The molecule has 0 aliphatic heterocycles. The Labute approximate surface area is 176 Å². The van der Waals surface area contributed by atoms with E-state index in [9.17, 15) is 13.2 Å². The highest BCUT2D eigenvalue weighted by atomic mass is 32.2. The summed E-state index contributed by atoms with van der Waals surface area (Å²) in [6.07, 6.45) is 4.35. The lowest BCUT2D eigenvalue weighted by Gasteiger charge is -2.08. The van der Waals surface area contributed by atoms with Gasteiger partial charge in [-0.25, -0.2) is 18.4 Å². The third-order valence-electron chi connectivity index (χ3n) is 4.30. The van der Waals surface area contributed by atoms with E-state index in [0.29, 0.717) is 29.4 Å². The van der Waals surface area contributed by atoms with Gasteiger partial charge in [0, 0.05) is 16.6 Å². The molecule has 1 aliphatic rings. The molecule has 2 heterocycles. The summed E-state index contributed by atoms with van der Waals surface area (Å²) in [4.78, 5) is 27.3. The molecule has 1 fully saturated rings. The summed E-state index contributed by atoms with van der Waals surface area (Å²) >= 11 is 1.33. The molecule has 1 aromatic carbocycles.